The van der Waals surface area contributed by atoms with E-state index < -0.39 is 12.1 Å². The molecule has 0 amide bonds. The lowest BCUT2D eigenvalue weighted by molar-refractivity contribution is -0.166. The van der Waals surface area contributed by atoms with Gasteiger partial charge in [0.05, 0.1) is 0 Å². The Kier molecular flexibility index (Phi) is 2.98. The zero-order valence-corrected chi connectivity index (χ0v) is 12.2. The SMILES string of the molecule is O=C(O)C(Oc1ccccc1)C12CC3CC(CC(C3)C1)C2. The van der Waals surface area contributed by atoms with Gasteiger partial charge in [0, 0.05) is 5.41 Å². The second kappa shape index (κ2) is 4.75. The third-order valence-electron chi connectivity index (χ3n) is 5.86. The molecule has 0 saturated heterocycles. The molecular formula is C18H22O3. The fourth-order valence-corrected chi connectivity index (χ4v) is 5.57. The van der Waals surface area contributed by atoms with Crippen LogP contribution in [0.5, 0.6) is 5.75 Å². The molecule has 4 aliphatic carbocycles. The van der Waals surface area contributed by atoms with E-state index in [0.29, 0.717) is 5.75 Å². The molecule has 1 aromatic carbocycles. The highest BCUT2D eigenvalue weighted by atomic mass is 16.5. The van der Waals surface area contributed by atoms with Crippen LogP contribution in [0, 0.1) is 23.2 Å². The van der Waals surface area contributed by atoms with Crippen molar-refractivity contribution in [1.82, 2.24) is 0 Å². The van der Waals surface area contributed by atoms with Crippen LogP contribution in [0.25, 0.3) is 0 Å². The fourth-order valence-electron chi connectivity index (χ4n) is 5.57. The summed E-state index contributed by atoms with van der Waals surface area (Å²) in [5.41, 5.74) is -0.129. The van der Waals surface area contributed by atoms with Crippen LogP contribution < -0.4 is 4.74 Å². The van der Waals surface area contributed by atoms with Gasteiger partial charge in [-0.1, -0.05) is 18.2 Å². The highest BCUT2D eigenvalue weighted by Gasteiger charge is 2.57. The van der Waals surface area contributed by atoms with Gasteiger partial charge < -0.3 is 9.84 Å². The molecule has 1 atom stereocenters. The third kappa shape index (κ3) is 2.23. The Hall–Kier alpha value is -1.51. The molecule has 4 fully saturated rings. The van der Waals surface area contributed by atoms with E-state index in [2.05, 4.69) is 0 Å². The lowest BCUT2D eigenvalue weighted by atomic mass is 9.48. The lowest BCUT2D eigenvalue weighted by Crippen LogP contribution is -2.55. The van der Waals surface area contributed by atoms with Crippen LogP contribution in [-0.2, 0) is 4.79 Å². The highest BCUT2D eigenvalue weighted by Crippen LogP contribution is 2.61. The molecule has 0 heterocycles. The Labute approximate surface area is 125 Å². The second-order valence-corrected chi connectivity index (χ2v) is 7.43. The Morgan fingerprint density at radius 3 is 2.05 bits per heavy atom. The van der Waals surface area contributed by atoms with E-state index in [9.17, 15) is 9.90 Å². The van der Waals surface area contributed by atoms with E-state index in [1.54, 1.807) is 0 Å². The third-order valence-corrected chi connectivity index (χ3v) is 5.86. The molecule has 112 valence electrons. The molecule has 1 aromatic rings. The van der Waals surface area contributed by atoms with Crippen LogP contribution in [0.1, 0.15) is 38.5 Å². The van der Waals surface area contributed by atoms with Crippen molar-refractivity contribution in [1.29, 1.82) is 0 Å². The van der Waals surface area contributed by atoms with Gasteiger partial charge in [0.15, 0.2) is 0 Å². The first-order valence-electron chi connectivity index (χ1n) is 8.09. The number of carboxylic acids is 1. The fraction of sp³-hybridized carbons (Fsp3) is 0.611. The molecule has 21 heavy (non-hydrogen) atoms. The first-order valence-corrected chi connectivity index (χ1v) is 8.09. The van der Waals surface area contributed by atoms with Crippen LogP contribution in [0.15, 0.2) is 30.3 Å². The molecule has 4 aliphatic rings. The molecule has 0 aliphatic heterocycles. The summed E-state index contributed by atoms with van der Waals surface area (Å²) in [5, 5.41) is 9.77. The Balaban J connectivity index is 1.63. The summed E-state index contributed by atoms with van der Waals surface area (Å²) in [6.45, 7) is 0. The van der Waals surface area contributed by atoms with Crippen molar-refractivity contribution in [3.05, 3.63) is 30.3 Å². The second-order valence-electron chi connectivity index (χ2n) is 7.43. The van der Waals surface area contributed by atoms with E-state index in [0.717, 1.165) is 37.0 Å². The molecule has 3 nitrogen and oxygen atoms in total. The van der Waals surface area contributed by atoms with Gasteiger partial charge >= 0.3 is 5.97 Å². The monoisotopic (exact) mass is 286 g/mol. The summed E-state index contributed by atoms with van der Waals surface area (Å²) >= 11 is 0. The largest absolute Gasteiger partial charge is 0.478 e. The first kappa shape index (κ1) is 13.2. The van der Waals surface area contributed by atoms with Gasteiger partial charge in [-0.15, -0.1) is 0 Å². The van der Waals surface area contributed by atoms with Crippen LogP contribution in [0.2, 0.25) is 0 Å². The molecule has 1 unspecified atom stereocenters. The minimum Gasteiger partial charge on any atom is -0.478 e. The smallest absolute Gasteiger partial charge is 0.345 e. The number of aliphatic carboxylic acids is 1. The van der Waals surface area contributed by atoms with Crippen LogP contribution in [-0.4, -0.2) is 17.2 Å². The molecule has 3 heteroatoms. The molecule has 4 saturated carbocycles. The average molecular weight is 286 g/mol. The summed E-state index contributed by atoms with van der Waals surface area (Å²) in [4.78, 5) is 11.9. The molecular weight excluding hydrogens is 264 g/mol. The number of hydrogen-bond acceptors (Lipinski definition) is 2. The maximum absolute atomic E-state index is 11.9. The molecule has 4 bridgehead atoms. The standard InChI is InChI=1S/C18H22O3/c19-17(20)16(21-15-4-2-1-3-5-15)18-9-12-6-13(10-18)8-14(7-12)11-18/h1-5,12-14,16H,6-11H2,(H,19,20). The van der Waals surface area contributed by atoms with Crippen molar-refractivity contribution in [2.45, 2.75) is 44.6 Å². The van der Waals surface area contributed by atoms with Crippen molar-refractivity contribution in [3.63, 3.8) is 0 Å². The topological polar surface area (TPSA) is 46.5 Å². The predicted molar refractivity (Wildman–Crippen MR) is 79.1 cm³/mol. The van der Waals surface area contributed by atoms with Gasteiger partial charge in [-0.05, 0) is 68.4 Å². The average Bonchev–Trinajstić information content (AvgIpc) is 2.44. The zero-order valence-electron chi connectivity index (χ0n) is 12.2. The quantitative estimate of drug-likeness (QED) is 0.917. The predicted octanol–water partition coefficient (Wildman–Crippen LogP) is 3.74. The van der Waals surface area contributed by atoms with E-state index in [-0.39, 0.29) is 5.41 Å². The first-order chi connectivity index (χ1) is 10.1. The van der Waals surface area contributed by atoms with E-state index in [1.165, 1.54) is 19.3 Å². The molecule has 0 spiro atoms. The highest BCUT2D eigenvalue weighted by molar-refractivity contribution is 5.74. The van der Waals surface area contributed by atoms with Gasteiger partial charge in [-0.3, -0.25) is 0 Å². The van der Waals surface area contributed by atoms with Crippen molar-refractivity contribution >= 4 is 5.97 Å². The maximum atomic E-state index is 11.9. The Morgan fingerprint density at radius 1 is 1.05 bits per heavy atom. The van der Waals surface area contributed by atoms with E-state index in [1.807, 2.05) is 30.3 Å². The number of para-hydroxylation sites is 1. The van der Waals surface area contributed by atoms with Gasteiger partial charge in [-0.25, -0.2) is 4.79 Å². The molecule has 1 N–H and O–H groups in total. The number of benzene rings is 1. The molecule has 0 aromatic heterocycles. The Bertz CT molecular complexity index is 501. The summed E-state index contributed by atoms with van der Waals surface area (Å²) in [6.07, 6.45) is 6.40. The summed E-state index contributed by atoms with van der Waals surface area (Å²) in [5.74, 6) is 2.09. The van der Waals surface area contributed by atoms with Gasteiger partial charge in [0.2, 0.25) is 6.10 Å². The summed E-state index contributed by atoms with van der Waals surface area (Å²) < 4.78 is 5.96. The van der Waals surface area contributed by atoms with Crippen molar-refractivity contribution in [2.24, 2.45) is 23.2 Å². The number of carboxylic acid groups (broad SMARTS) is 1. The van der Waals surface area contributed by atoms with Gasteiger partial charge in [-0.2, -0.15) is 0 Å². The number of rotatable bonds is 4. The maximum Gasteiger partial charge on any atom is 0.345 e. The Morgan fingerprint density at radius 2 is 1.57 bits per heavy atom. The minimum absolute atomic E-state index is 0.129. The minimum atomic E-state index is -0.791. The van der Waals surface area contributed by atoms with E-state index in [4.69, 9.17) is 4.74 Å². The normalized spacial score (nSPS) is 38.2. The van der Waals surface area contributed by atoms with Crippen LogP contribution in [0.4, 0.5) is 0 Å². The zero-order chi connectivity index (χ0) is 14.4. The van der Waals surface area contributed by atoms with Gasteiger partial charge in [0.1, 0.15) is 5.75 Å². The number of carbonyl (C=O) groups is 1. The van der Waals surface area contributed by atoms with Crippen LogP contribution in [0.3, 0.4) is 0 Å². The van der Waals surface area contributed by atoms with Crippen molar-refractivity contribution in [2.75, 3.05) is 0 Å². The van der Waals surface area contributed by atoms with Crippen molar-refractivity contribution in [3.8, 4) is 5.75 Å². The van der Waals surface area contributed by atoms with Gasteiger partial charge in [0.25, 0.3) is 0 Å². The van der Waals surface area contributed by atoms with E-state index >= 15 is 0 Å². The lowest BCUT2D eigenvalue weighted by Gasteiger charge is -2.58. The molecule has 5 rings (SSSR count). The van der Waals surface area contributed by atoms with Crippen molar-refractivity contribution < 1.29 is 14.6 Å². The number of ether oxygens (including phenoxy) is 1. The number of hydrogen-bond donors (Lipinski definition) is 1. The molecule has 0 radical (unpaired) electrons. The van der Waals surface area contributed by atoms with Crippen LogP contribution >= 0.6 is 0 Å². The summed E-state index contributed by atoms with van der Waals surface area (Å²) in [6, 6.07) is 9.43. The summed E-state index contributed by atoms with van der Waals surface area (Å²) in [7, 11) is 0.